The van der Waals surface area contributed by atoms with E-state index in [1.54, 1.807) is 36.0 Å². The van der Waals surface area contributed by atoms with Crippen molar-refractivity contribution in [3.63, 3.8) is 0 Å². The number of hydrogen-bond acceptors (Lipinski definition) is 5. The molecule has 0 spiro atoms. The van der Waals surface area contributed by atoms with Gasteiger partial charge in [0.05, 0.1) is 18.2 Å². The van der Waals surface area contributed by atoms with Crippen molar-refractivity contribution >= 4 is 55.5 Å². The van der Waals surface area contributed by atoms with Crippen molar-refractivity contribution in [3.8, 4) is 0 Å². The van der Waals surface area contributed by atoms with Gasteiger partial charge >= 0.3 is 0 Å². The van der Waals surface area contributed by atoms with Crippen molar-refractivity contribution in [2.45, 2.75) is 4.90 Å². The molecule has 0 bridgehead atoms. The fraction of sp³-hybridized carbons (Fsp3) is 0.176. The topological polar surface area (TPSA) is 78.8 Å². The van der Waals surface area contributed by atoms with Crippen molar-refractivity contribution in [1.82, 2.24) is 5.43 Å². The Kier molecular flexibility index (Phi) is 7.24. The summed E-state index contributed by atoms with van der Waals surface area (Å²) in [5.41, 5.74) is 3.58. The van der Waals surface area contributed by atoms with Gasteiger partial charge in [0, 0.05) is 9.37 Å². The van der Waals surface area contributed by atoms with Crippen LogP contribution >= 0.6 is 27.7 Å². The minimum Gasteiger partial charge on any atom is -0.271 e. The molecule has 0 aliphatic rings. The number of nitrogens with one attached hydrogen (secondary N) is 1. The molecule has 0 aliphatic carbocycles. The van der Waals surface area contributed by atoms with Gasteiger partial charge in [0.15, 0.2) is 0 Å². The second kappa shape index (κ2) is 9.20. The number of amides is 1. The molecule has 2 rings (SSSR count). The molecule has 0 fully saturated rings. The van der Waals surface area contributed by atoms with Gasteiger partial charge in [-0.1, -0.05) is 34.1 Å². The van der Waals surface area contributed by atoms with Gasteiger partial charge in [-0.3, -0.25) is 9.10 Å². The van der Waals surface area contributed by atoms with Gasteiger partial charge in [0.2, 0.25) is 10.0 Å². The minimum absolute atomic E-state index is 0.363. The Morgan fingerprint density at radius 3 is 2.54 bits per heavy atom. The van der Waals surface area contributed by atoms with E-state index in [-0.39, 0.29) is 6.54 Å². The number of anilines is 1. The van der Waals surface area contributed by atoms with E-state index in [1.165, 1.54) is 6.21 Å². The molecule has 2 aromatic rings. The van der Waals surface area contributed by atoms with Gasteiger partial charge in [0.25, 0.3) is 5.91 Å². The lowest BCUT2D eigenvalue weighted by atomic mass is 10.2. The Labute approximate surface area is 165 Å². The molecule has 0 saturated carbocycles. The maximum atomic E-state index is 12.1. The van der Waals surface area contributed by atoms with Crippen LogP contribution in [0.3, 0.4) is 0 Å². The number of nitrogens with zero attached hydrogens (tertiary/aromatic N) is 2. The van der Waals surface area contributed by atoms with Crippen LogP contribution in [0, 0.1) is 0 Å². The highest BCUT2D eigenvalue weighted by Gasteiger charge is 2.20. The second-order valence-corrected chi connectivity index (χ2v) is 9.02. The largest absolute Gasteiger partial charge is 0.271 e. The fourth-order valence-electron chi connectivity index (χ4n) is 2.07. The van der Waals surface area contributed by atoms with Crippen molar-refractivity contribution in [2.75, 3.05) is 23.4 Å². The molecule has 0 heterocycles. The third-order valence-corrected chi connectivity index (χ3v) is 5.68. The lowest BCUT2D eigenvalue weighted by Crippen LogP contribution is -2.39. The summed E-state index contributed by atoms with van der Waals surface area (Å²) in [6.45, 7) is -0.363. The van der Waals surface area contributed by atoms with E-state index in [0.29, 0.717) is 5.69 Å². The summed E-state index contributed by atoms with van der Waals surface area (Å²) >= 11 is 4.93. The monoisotopic (exact) mass is 455 g/mol. The lowest BCUT2D eigenvalue weighted by molar-refractivity contribution is -0.119. The highest BCUT2D eigenvalue weighted by Crippen LogP contribution is 2.21. The number of rotatable bonds is 7. The molecule has 0 atom stereocenters. The molecule has 1 N–H and O–H groups in total. The predicted molar refractivity (Wildman–Crippen MR) is 110 cm³/mol. The Morgan fingerprint density at radius 2 is 1.96 bits per heavy atom. The number of sulfonamides is 1. The molecule has 0 saturated heterocycles. The molecular formula is C17H18BrN3O3S2. The van der Waals surface area contributed by atoms with Crippen molar-refractivity contribution in [1.29, 1.82) is 0 Å². The predicted octanol–water partition coefficient (Wildman–Crippen LogP) is 3.09. The van der Waals surface area contributed by atoms with Gasteiger partial charge in [-0.15, -0.1) is 11.8 Å². The molecule has 9 heteroatoms. The maximum Gasteiger partial charge on any atom is 0.260 e. The number of carbonyl (C=O) groups is 1. The number of carbonyl (C=O) groups excluding carboxylic acids is 1. The smallest absolute Gasteiger partial charge is 0.260 e. The molecular weight excluding hydrogens is 438 g/mol. The second-order valence-electron chi connectivity index (χ2n) is 5.32. The van der Waals surface area contributed by atoms with Crippen LogP contribution in [0.4, 0.5) is 5.69 Å². The summed E-state index contributed by atoms with van der Waals surface area (Å²) in [5, 5.41) is 3.88. The van der Waals surface area contributed by atoms with E-state index in [1.807, 2.05) is 30.5 Å². The molecule has 0 unspecified atom stereocenters. The van der Waals surface area contributed by atoms with Crippen molar-refractivity contribution < 1.29 is 13.2 Å². The SMILES string of the molecule is CSc1ccc(/C=N\NC(=O)CN(c2cccc(Br)c2)S(C)(=O)=O)cc1. The van der Waals surface area contributed by atoms with Gasteiger partial charge < -0.3 is 0 Å². The normalized spacial score (nSPS) is 11.5. The molecule has 0 aliphatic heterocycles. The van der Waals surface area contributed by atoms with Crippen LogP contribution in [0.25, 0.3) is 0 Å². The van der Waals surface area contributed by atoms with Gasteiger partial charge in [-0.2, -0.15) is 5.10 Å². The number of benzene rings is 2. The summed E-state index contributed by atoms with van der Waals surface area (Å²) in [6, 6.07) is 14.4. The summed E-state index contributed by atoms with van der Waals surface area (Å²) in [5.74, 6) is -0.535. The first-order valence-electron chi connectivity index (χ1n) is 7.49. The summed E-state index contributed by atoms with van der Waals surface area (Å²) < 4.78 is 25.8. The Bertz CT molecular complexity index is 900. The van der Waals surface area contributed by atoms with Gasteiger partial charge in [-0.25, -0.2) is 13.8 Å². The molecule has 0 radical (unpaired) electrons. The average molecular weight is 456 g/mol. The first-order valence-corrected chi connectivity index (χ1v) is 11.4. The summed E-state index contributed by atoms with van der Waals surface area (Å²) in [4.78, 5) is 13.2. The molecule has 138 valence electrons. The summed E-state index contributed by atoms with van der Waals surface area (Å²) in [7, 11) is -3.62. The van der Waals surface area contributed by atoms with E-state index < -0.39 is 15.9 Å². The molecule has 1 amide bonds. The van der Waals surface area contributed by atoms with Crippen molar-refractivity contribution in [2.24, 2.45) is 5.10 Å². The van der Waals surface area contributed by atoms with Crippen LogP contribution in [-0.4, -0.2) is 39.6 Å². The van der Waals surface area contributed by atoms with Crippen LogP contribution < -0.4 is 9.73 Å². The number of hydrogen-bond donors (Lipinski definition) is 1. The zero-order valence-corrected chi connectivity index (χ0v) is 17.4. The zero-order valence-electron chi connectivity index (χ0n) is 14.2. The Balaban J connectivity index is 2.04. The first kappa shape index (κ1) is 20.5. The van der Waals surface area contributed by atoms with Crippen LogP contribution in [0.1, 0.15) is 5.56 Å². The third-order valence-electron chi connectivity index (χ3n) is 3.30. The number of halogens is 1. The van der Waals surface area contributed by atoms with Gasteiger partial charge in [0.1, 0.15) is 6.54 Å². The number of thioether (sulfide) groups is 1. The van der Waals surface area contributed by atoms with Crippen molar-refractivity contribution in [3.05, 3.63) is 58.6 Å². The van der Waals surface area contributed by atoms with E-state index in [0.717, 1.165) is 25.5 Å². The molecule has 0 aromatic heterocycles. The quantitative estimate of drug-likeness (QED) is 0.395. The van der Waals surface area contributed by atoms with E-state index >= 15 is 0 Å². The molecule has 6 nitrogen and oxygen atoms in total. The Hall–Kier alpha value is -1.84. The zero-order chi connectivity index (χ0) is 19.2. The Morgan fingerprint density at radius 1 is 1.27 bits per heavy atom. The maximum absolute atomic E-state index is 12.1. The van der Waals surface area contributed by atoms with Crippen LogP contribution in [0.15, 0.2) is 63.0 Å². The van der Waals surface area contributed by atoms with Crippen LogP contribution in [0.2, 0.25) is 0 Å². The first-order chi connectivity index (χ1) is 12.3. The van der Waals surface area contributed by atoms with E-state index in [2.05, 4.69) is 26.5 Å². The average Bonchev–Trinajstić information content (AvgIpc) is 2.59. The van der Waals surface area contributed by atoms with E-state index in [9.17, 15) is 13.2 Å². The third kappa shape index (κ3) is 6.15. The number of hydrazone groups is 1. The highest BCUT2D eigenvalue weighted by molar-refractivity contribution is 9.10. The minimum atomic E-state index is -3.62. The van der Waals surface area contributed by atoms with Crippen LogP contribution in [-0.2, 0) is 14.8 Å². The lowest BCUT2D eigenvalue weighted by Gasteiger charge is -2.21. The molecule has 26 heavy (non-hydrogen) atoms. The summed E-state index contributed by atoms with van der Waals surface area (Å²) in [6.07, 6.45) is 4.55. The van der Waals surface area contributed by atoms with E-state index in [4.69, 9.17) is 0 Å². The standard InChI is InChI=1S/C17H18BrN3O3S2/c1-25-16-8-6-13(7-9-16)11-19-20-17(22)12-21(26(2,23)24)15-5-3-4-14(18)10-15/h3-11H,12H2,1-2H3,(H,20,22)/b19-11-. The molecule has 2 aromatic carbocycles. The van der Waals surface area contributed by atoms with Gasteiger partial charge in [-0.05, 0) is 42.2 Å². The highest BCUT2D eigenvalue weighted by atomic mass is 79.9. The fourth-order valence-corrected chi connectivity index (χ4v) is 3.71. The van der Waals surface area contributed by atoms with Crippen LogP contribution in [0.5, 0.6) is 0 Å².